The molecule has 0 aliphatic rings. The van der Waals surface area contributed by atoms with Gasteiger partial charge < -0.3 is 17.0 Å². The molecule has 0 spiro atoms. The molecule has 0 N–H and O–H groups in total. The van der Waals surface area contributed by atoms with Gasteiger partial charge in [0, 0.05) is 0 Å². The van der Waals surface area contributed by atoms with Gasteiger partial charge in [-0.05, 0) is 24.7 Å². The SMILES string of the molecule is C=CC[Si](C)(CC=C)CC=C.C=C[CH2-].C[Si](Cl)(Cl)Cl.[Br-].[Mg+2]. The van der Waals surface area contributed by atoms with E-state index < -0.39 is 14.1 Å². The monoisotopic (exact) mass is 458 g/mol. The number of hydrogen-bond donors (Lipinski definition) is 0. The van der Waals surface area contributed by atoms with Crippen LogP contribution in [0.25, 0.3) is 0 Å². The van der Waals surface area contributed by atoms with Crippen molar-refractivity contribution < 1.29 is 17.0 Å². The fourth-order valence-electron chi connectivity index (χ4n) is 1.30. The number of hydrogen-bond acceptors (Lipinski definition) is 0. The van der Waals surface area contributed by atoms with Gasteiger partial charge in [0.15, 0.2) is 0 Å². The van der Waals surface area contributed by atoms with Gasteiger partial charge in [0.25, 0.3) is 0 Å². The van der Waals surface area contributed by atoms with E-state index in [-0.39, 0.29) is 40.0 Å². The maximum absolute atomic E-state index is 5.20. The topological polar surface area (TPSA) is 0 Å². The minimum Gasteiger partial charge on any atom is -1.00 e. The predicted octanol–water partition coefficient (Wildman–Crippen LogP) is 3.52. The van der Waals surface area contributed by atoms with Crippen LogP contribution in [-0.2, 0) is 0 Å². The fraction of sp³-hybridized carbons (Fsp3) is 0.357. The van der Waals surface area contributed by atoms with E-state index in [9.17, 15) is 0 Å². The molecular weight excluding hydrogens is 435 g/mol. The van der Waals surface area contributed by atoms with Crippen molar-refractivity contribution in [3.8, 4) is 0 Å². The first-order valence-electron chi connectivity index (χ1n) is 5.89. The van der Waals surface area contributed by atoms with Gasteiger partial charge >= 0.3 is 29.1 Å². The van der Waals surface area contributed by atoms with E-state index in [1.54, 1.807) is 6.55 Å². The van der Waals surface area contributed by atoms with Crippen LogP contribution in [0.3, 0.4) is 0 Å². The summed E-state index contributed by atoms with van der Waals surface area (Å²) in [6, 6.07) is 1.32. The van der Waals surface area contributed by atoms with E-state index in [2.05, 4.69) is 39.8 Å². The largest absolute Gasteiger partial charge is 2.00 e. The minimum absolute atomic E-state index is 0. The van der Waals surface area contributed by atoms with Gasteiger partial charge in [-0.3, -0.25) is 0 Å². The maximum atomic E-state index is 5.20. The van der Waals surface area contributed by atoms with Gasteiger partial charge in [-0.25, -0.2) is 19.6 Å². The van der Waals surface area contributed by atoms with Crippen molar-refractivity contribution in [2.45, 2.75) is 31.2 Å². The van der Waals surface area contributed by atoms with E-state index in [1.807, 2.05) is 18.2 Å². The van der Waals surface area contributed by atoms with E-state index >= 15 is 0 Å². The van der Waals surface area contributed by atoms with Crippen molar-refractivity contribution in [1.29, 1.82) is 0 Å². The Morgan fingerprint density at radius 2 is 1.00 bits per heavy atom. The van der Waals surface area contributed by atoms with Crippen LogP contribution in [0.5, 0.6) is 0 Å². The molecular formula is C14H26BrCl3MgSi2. The molecule has 0 amide bonds. The molecule has 21 heavy (non-hydrogen) atoms. The quantitative estimate of drug-likeness (QED) is 0.246. The average molecular weight is 461 g/mol. The smallest absolute Gasteiger partial charge is 1.00 e. The summed E-state index contributed by atoms with van der Waals surface area (Å²) in [6.07, 6.45) is 7.58. The Hall–Kier alpha value is 1.38. The molecule has 0 saturated carbocycles. The van der Waals surface area contributed by atoms with Crippen molar-refractivity contribution >= 4 is 70.4 Å². The molecule has 0 aliphatic carbocycles. The summed E-state index contributed by atoms with van der Waals surface area (Å²) in [5, 5.41) is 0. The zero-order chi connectivity index (χ0) is 15.9. The Morgan fingerprint density at radius 1 is 0.857 bits per heavy atom. The molecule has 0 atom stereocenters. The first-order chi connectivity index (χ1) is 8.60. The number of rotatable bonds is 6. The van der Waals surface area contributed by atoms with Gasteiger partial charge in [0.05, 0.1) is 8.07 Å². The van der Waals surface area contributed by atoms with Crippen LogP contribution in [0.2, 0.25) is 31.2 Å². The van der Waals surface area contributed by atoms with Crippen LogP contribution in [0.1, 0.15) is 0 Å². The van der Waals surface area contributed by atoms with E-state index in [1.165, 1.54) is 24.2 Å². The van der Waals surface area contributed by atoms with E-state index in [0.29, 0.717) is 0 Å². The number of halogens is 4. The molecule has 7 heteroatoms. The molecule has 0 nitrogen and oxygen atoms in total. The van der Waals surface area contributed by atoms with Crippen molar-refractivity contribution in [3.63, 3.8) is 0 Å². The standard InChI is InChI=1S/C10H18Si.C3H5.CH3Cl3Si.BrH.Mg/c1-5-8-11(4,9-6-2)10-7-3;1-3-2;1-5(2,3)4;;/h5-7H,1-3,8-10H2,4H3;3H,1-2H2;1H3;1H;/q;-1;;;+2/p-1. The van der Waals surface area contributed by atoms with Gasteiger partial charge in [0.2, 0.25) is 0 Å². The molecule has 0 fully saturated rings. The molecule has 0 unspecified atom stereocenters. The molecule has 0 aromatic carbocycles. The molecule has 0 heterocycles. The first kappa shape index (κ1) is 33.9. The van der Waals surface area contributed by atoms with Gasteiger partial charge in [-0.15, -0.1) is 53.0 Å². The van der Waals surface area contributed by atoms with Crippen LogP contribution in [-0.4, -0.2) is 37.1 Å². The van der Waals surface area contributed by atoms with E-state index in [4.69, 9.17) is 33.2 Å². The Bertz CT molecular complexity index is 237. The fourth-order valence-corrected chi connectivity index (χ4v) is 3.89. The van der Waals surface area contributed by atoms with Crippen LogP contribution in [0.4, 0.5) is 0 Å². The third kappa shape index (κ3) is 44.9. The zero-order valence-corrected chi connectivity index (χ0v) is 20.5. The van der Waals surface area contributed by atoms with Crippen molar-refractivity contribution in [1.82, 2.24) is 0 Å². The third-order valence-corrected chi connectivity index (χ3v) is 5.73. The average Bonchev–Trinajstić information content (AvgIpc) is 2.16. The van der Waals surface area contributed by atoms with Crippen LogP contribution in [0, 0.1) is 6.92 Å². The Balaban J connectivity index is -0.0000000726. The second-order valence-electron chi connectivity index (χ2n) is 4.36. The zero-order valence-electron chi connectivity index (χ0n) is 13.2. The second kappa shape index (κ2) is 21.4. The summed E-state index contributed by atoms with van der Waals surface area (Å²) in [5.41, 5.74) is 0. The van der Waals surface area contributed by atoms with E-state index in [0.717, 1.165) is 0 Å². The first-order valence-corrected chi connectivity index (χ1v) is 14.6. The molecule has 0 bridgehead atoms. The summed E-state index contributed by atoms with van der Waals surface area (Å²) >= 11 is 15.6. The molecule has 0 saturated heterocycles. The summed E-state index contributed by atoms with van der Waals surface area (Å²) in [7, 11) is -1.10. The van der Waals surface area contributed by atoms with Gasteiger partial charge in [0.1, 0.15) is 0 Å². The Morgan fingerprint density at radius 3 is 1.10 bits per heavy atom. The maximum Gasteiger partial charge on any atom is 2.00 e. The Kier molecular flexibility index (Phi) is 34.5. The molecule has 0 aliphatic heterocycles. The molecule has 0 radical (unpaired) electrons. The summed E-state index contributed by atoms with van der Waals surface area (Å²) in [4.78, 5) is 0. The molecule has 0 aromatic rings. The van der Waals surface area contributed by atoms with Gasteiger partial charge in [-0.2, -0.15) is 0 Å². The van der Waals surface area contributed by atoms with Crippen LogP contribution in [0.15, 0.2) is 50.6 Å². The van der Waals surface area contributed by atoms with Crippen molar-refractivity contribution in [3.05, 3.63) is 57.5 Å². The minimum atomic E-state index is -2.19. The third-order valence-electron chi connectivity index (χ3n) is 1.91. The summed E-state index contributed by atoms with van der Waals surface area (Å²) in [5.74, 6) is 0. The van der Waals surface area contributed by atoms with Crippen LogP contribution >= 0.6 is 33.2 Å². The summed E-state index contributed by atoms with van der Waals surface area (Å²) < 4.78 is 0. The van der Waals surface area contributed by atoms with Crippen molar-refractivity contribution in [2.75, 3.05) is 0 Å². The number of allylic oxidation sites excluding steroid dienone is 4. The van der Waals surface area contributed by atoms with Crippen LogP contribution < -0.4 is 17.0 Å². The van der Waals surface area contributed by atoms with Crippen molar-refractivity contribution in [2.24, 2.45) is 0 Å². The predicted molar refractivity (Wildman–Crippen MR) is 107 cm³/mol. The summed E-state index contributed by atoms with van der Waals surface area (Å²) in [6.45, 7) is 21.8. The molecule has 120 valence electrons. The Labute approximate surface area is 174 Å². The van der Waals surface area contributed by atoms with Gasteiger partial charge in [-0.1, -0.05) is 24.8 Å². The second-order valence-corrected chi connectivity index (χ2v) is 19.3. The molecule has 0 rings (SSSR count). The molecule has 0 aromatic heterocycles. The normalized spacial score (nSPS) is 9.00.